The molecule has 0 radical (unpaired) electrons. The van der Waals surface area contributed by atoms with E-state index in [0.717, 1.165) is 21.5 Å². The largest absolute Gasteiger partial charge is 0.273 e. The smallest absolute Gasteiger partial charge is 0.215 e. The van der Waals surface area contributed by atoms with Crippen LogP contribution in [0.15, 0.2) is 68.0 Å². The lowest BCUT2D eigenvalue weighted by molar-refractivity contribution is 0.627. The van der Waals surface area contributed by atoms with Crippen molar-refractivity contribution in [3.63, 3.8) is 0 Å². The van der Waals surface area contributed by atoms with E-state index < -0.39 is 5.82 Å². The van der Waals surface area contributed by atoms with Gasteiger partial charge in [0, 0.05) is 25.0 Å². The molecule has 3 aromatic heterocycles. The van der Waals surface area contributed by atoms with E-state index in [1.165, 1.54) is 46.7 Å². The number of halogens is 1. The fourth-order valence-electron chi connectivity index (χ4n) is 3.20. The Kier molecular flexibility index (Phi) is 6.73. The van der Waals surface area contributed by atoms with Gasteiger partial charge < -0.3 is 0 Å². The van der Waals surface area contributed by atoms with Crippen molar-refractivity contribution in [3.05, 3.63) is 59.7 Å². The van der Waals surface area contributed by atoms with Crippen molar-refractivity contribution in [1.29, 1.82) is 0 Å². The van der Waals surface area contributed by atoms with Crippen LogP contribution in [-0.4, -0.2) is 62.1 Å². The zero-order valence-electron chi connectivity index (χ0n) is 19.0. The Bertz CT molecular complexity index is 1600. The molecule has 36 heavy (non-hydrogen) atoms. The second-order valence-corrected chi connectivity index (χ2v) is 9.26. The summed E-state index contributed by atoms with van der Waals surface area (Å²) in [6, 6.07) is 10.1. The first-order valence-corrected chi connectivity index (χ1v) is 12.0. The monoisotopic (exact) mass is 520 g/mol. The summed E-state index contributed by atoms with van der Waals surface area (Å²) in [7, 11) is 3.48. The van der Waals surface area contributed by atoms with Crippen LogP contribution in [0, 0.1) is 5.82 Å². The minimum absolute atomic E-state index is 0.302. The number of hydrogen-bond acceptors (Lipinski definition) is 12. The summed E-state index contributed by atoms with van der Waals surface area (Å²) < 4.78 is 17.2. The number of benzene rings is 2. The molecule has 0 spiro atoms. The van der Waals surface area contributed by atoms with Gasteiger partial charge in [-0.25, -0.2) is 23.7 Å². The summed E-state index contributed by atoms with van der Waals surface area (Å²) in [5.41, 5.74) is 2.65. The van der Waals surface area contributed by atoms with Gasteiger partial charge in [0.15, 0.2) is 0 Å². The Morgan fingerprint density at radius 1 is 1.00 bits per heavy atom. The predicted octanol–water partition coefficient (Wildman–Crippen LogP) is 3.04. The summed E-state index contributed by atoms with van der Waals surface area (Å²) in [4.78, 5) is 17.6. The van der Waals surface area contributed by atoms with E-state index in [2.05, 4.69) is 52.7 Å². The van der Waals surface area contributed by atoms with Gasteiger partial charge in [-0.1, -0.05) is 6.07 Å². The van der Waals surface area contributed by atoms with Gasteiger partial charge in [0.25, 0.3) is 0 Å². The van der Waals surface area contributed by atoms with E-state index in [1.807, 2.05) is 18.2 Å². The fourth-order valence-corrected chi connectivity index (χ4v) is 4.82. The predicted molar refractivity (Wildman–Crippen MR) is 133 cm³/mol. The molecule has 0 aliphatic carbocycles. The van der Waals surface area contributed by atoms with Crippen LogP contribution in [-0.2, 0) is 20.6 Å². The summed E-state index contributed by atoms with van der Waals surface area (Å²) in [6.45, 7) is 3.90. The SMILES string of the molecule is C=Nc1ccc(F)cc1/C(=N\Cc1ccc2c(Sc3nnnn3C)ncnc2c1)Sc1nnnn1C. The molecule has 0 aliphatic heterocycles. The molecule has 0 bridgehead atoms. The molecular weight excluding hydrogens is 503 g/mol. The lowest BCUT2D eigenvalue weighted by atomic mass is 10.1. The highest BCUT2D eigenvalue weighted by molar-refractivity contribution is 8.14. The van der Waals surface area contributed by atoms with Crippen LogP contribution >= 0.6 is 23.5 Å². The molecule has 0 unspecified atom stereocenters. The molecule has 0 N–H and O–H groups in total. The van der Waals surface area contributed by atoms with Crippen molar-refractivity contribution >= 4 is 51.9 Å². The van der Waals surface area contributed by atoms with Crippen LogP contribution in [0.4, 0.5) is 10.1 Å². The summed E-state index contributed by atoms with van der Waals surface area (Å²) >= 11 is 2.57. The molecule has 15 heteroatoms. The second-order valence-electron chi connectivity index (χ2n) is 7.35. The first kappa shape index (κ1) is 23.6. The highest BCUT2D eigenvalue weighted by Gasteiger charge is 2.16. The normalized spacial score (nSPS) is 11.8. The number of aromatic nitrogens is 10. The third kappa shape index (κ3) is 4.96. The quantitative estimate of drug-likeness (QED) is 0.136. The number of tetrazole rings is 2. The maximum Gasteiger partial charge on any atom is 0.215 e. The second kappa shape index (κ2) is 10.2. The Morgan fingerprint density at radius 3 is 2.50 bits per heavy atom. The van der Waals surface area contributed by atoms with Crippen molar-refractivity contribution in [3.8, 4) is 0 Å². The molecule has 0 atom stereocenters. The van der Waals surface area contributed by atoms with Crippen LogP contribution in [0.2, 0.25) is 0 Å². The van der Waals surface area contributed by atoms with Gasteiger partial charge in [0.1, 0.15) is 22.2 Å². The van der Waals surface area contributed by atoms with Crippen molar-refractivity contribution in [1.82, 2.24) is 50.4 Å². The molecule has 2 aromatic carbocycles. The van der Waals surface area contributed by atoms with Gasteiger partial charge in [-0.2, -0.15) is 0 Å². The molecule has 0 aliphatic rings. The van der Waals surface area contributed by atoms with Crippen LogP contribution in [0.1, 0.15) is 11.1 Å². The van der Waals surface area contributed by atoms with Gasteiger partial charge in [-0.15, -0.1) is 10.2 Å². The third-order valence-electron chi connectivity index (χ3n) is 4.97. The van der Waals surface area contributed by atoms with E-state index in [9.17, 15) is 4.39 Å². The Balaban J connectivity index is 1.48. The van der Waals surface area contributed by atoms with Crippen molar-refractivity contribution in [2.75, 3.05) is 0 Å². The molecule has 3 heterocycles. The minimum Gasteiger partial charge on any atom is -0.273 e. The van der Waals surface area contributed by atoms with Crippen molar-refractivity contribution in [2.24, 2.45) is 24.1 Å². The first-order valence-electron chi connectivity index (χ1n) is 10.4. The Morgan fingerprint density at radius 2 is 1.78 bits per heavy atom. The van der Waals surface area contributed by atoms with E-state index in [4.69, 9.17) is 4.99 Å². The van der Waals surface area contributed by atoms with Gasteiger partial charge >= 0.3 is 0 Å². The number of aryl methyl sites for hydroxylation is 2. The summed E-state index contributed by atoms with van der Waals surface area (Å²) in [5.74, 6) is -0.410. The number of aliphatic imine (C=N–C) groups is 2. The third-order valence-corrected chi connectivity index (χ3v) is 7.09. The van der Waals surface area contributed by atoms with Crippen LogP contribution < -0.4 is 0 Å². The molecule has 12 nitrogen and oxygen atoms in total. The first-order chi connectivity index (χ1) is 17.5. The van der Waals surface area contributed by atoms with E-state index in [-0.39, 0.29) is 0 Å². The summed E-state index contributed by atoms with van der Waals surface area (Å²) in [5, 5.41) is 26.3. The average Bonchev–Trinajstić information content (AvgIpc) is 3.48. The maximum atomic E-state index is 14.1. The van der Waals surface area contributed by atoms with Crippen LogP contribution in [0.5, 0.6) is 0 Å². The number of nitrogens with zero attached hydrogens (tertiary/aromatic N) is 12. The fraction of sp³-hybridized carbons (Fsp3) is 0.143. The topological polar surface area (TPSA) is 138 Å². The highest BCUT2D eigenvalue weighted by Crippen LogP contribution is 2.31. The van der Waals surface area contributed by atoms with E-state index in [0.29, 0.717) is 33.2 Å². The van der Waals surface area contributed by atoms with Crippen molar-refractivity contribution in [2.45, 2.75) is 21.9 Å². The molecule has 0 saturated heterocycles. The number of rotatable bonds is 7. The number of fused-ring (bicyclic) bond motifs is 1. The zero-order valence-corrected chi connectivity index (χ0v) is 20.6. The summed E-state index contributed by atoms with van der Waals surface area (Å²) in [6.07, 6.45) is 1.50. The number of thioether (sulfide) groups is 1. The molecule has 0 fully saturated rings. The van der Waals surface area contributed by atoms with Gasteiger partial charge in [-0.05, 0) is 87.0 Å². The maximum absolute atomic E-state index is 14.1. The zero-order chi connectivity index (χ0) is 25.1. The molecule has 5 aromatic rings. The number of hydrogen-bond donors (Lipinski definition) is 0. The lowest BCUT2D eigenvalue weighted by Crippen LogP contribution is -2.02. The Hall–Kier alpha value is -4.11. The van der Waals surface area contributed by atoms with Crippen LogP contribution in [0.25, 0.3) is 10.9 Å². The highest BCUT2D eigenvalue weighted by atomic mass is 32.2. The lowest BCUT2D eigenvalue weighted by Gasteiger charge is -2.10. The average molecular weight is 521 g/mol. The van der Waals surface area contributed by atoms with Gasteiger partial charge in [0.05, 0.1) is 17.7 Å². The Labute approximate surface area is 212 Å². The van der Waals surface area contributed by atoms with Crippen molar-refractivity contribution < 1.29 is 4.39 Å². The van der Waals surface area contributed by atoms with Gasteiger partial charge in [0.2, 0.25) is 10.3 Å². The van der Waals surface area contributed by atoms with E-state index >= 15 is 0 Å². The minimum atomic E-state index is -0.410. The molecular formula is C21H17FN12S2. The van der Waals surface area contributed by atoms with Gasteiger partial charge in [-0.3, -0.25) is 9.98 Å². The van der Waals surface area contributed by atoms with E-state index in [1.54, 1.807) is 24.8 Å². The van der Waals surface area contributed by atoms with Crippen LogP contribution in [0.3, 0.4) is 0 Å². The molecule has 0 amide bonds. The molecule has 0 saturated carbocycles. The standard InChI is InChI=1S/C21H17FN12S2/c1-23-16-7-5-13(22)9-15(16)19(36-21-28-30-32-34(21)3)24-10-12-4-6-14-17(8-12)25-11-26-18(14)35-20-27-29-31-33(20)2/h4-9,11H,1,10H2,2-3H3/b24-19+. The molecule has 5 rings (SSSR count). The molecule has 180 valence electrons.